The Morgan fingerprint density at radius 1 is 1.06 bits per heavy atom. The Morgan fingerprint density at radius 2 is 1.91 bits per heavy atom. The van der Waals surface area contributed by atoms with Gasteiger partial charge in [0.2, 0.25) is 5.95 Å². The molecule has 6 rings (SSSR count). The highest BCUT2D eigenvalue weighted by Gasteiger charge is 2.32. The van der Waals surface area contributed by atoms with Gasteiger partial charge in [0.05, 0.1) is 42.6 Å². The SMILES string of the molecule is CNc1nc2ccccc2n1-c1nc(N2CCOCC2C)c2ccc(C(OC)C3CCOC3)n2n1. The number of rotatable bonds is 6. The highest BCUT2D eigenvalue weighted by atomic mass is 16.5. The summed E-state index contributed by atoms with van der Waals surface area (Å²) in [7, 11) is 3.63. The number of benzene rings is 1. The van der Waals surface area contributed by atoms with Crippen LogP contribution in [0.5, 0.6) is 0 Å². The molecule has 3 aromatic heterocycles. The van der Waals surface area contributed by atoms with Crippen LogP contribution in [0.15, 0.2) is 36.4 Å². The second-order valence-corrected chi connectivity index (χ2v) is 9.20. The zero-order chi connectivity index (χ0) is 23.9. The van der Waals surface area contributed by atoms with E-state index in [0.717, 1.165) is 47.6 Å². The maximum Gasteiger partial charge on any atom is 0.257 e. The number of ether oxygens (including phenoxy) is 3. The number of para-hydroxylation sites is 2. The van der Waals surface area contributed by atoms with Crippen LogP contribution in [0.2, 0.25) is 0 Å². The molecule has 184 valence electrons. The molecule has 2 aliphatic heterocycles. The molecule has 35 heavy (non-hydrogen) atoms. The number of aromatic nitrogens is 5. The van der Waals surface area contributed by atoms with Crippen molar-refractivity contribution in [3.8, 4) is 5.95 Å². The summed E-state index contributed by atoms with van der Waals surface area (Å²) in [6.45, 7) is 5.71. The fourth-order valence-corrected chi connectivity index (χ4v) is 5.29. The van der Waals surface area contributed by atoms with Crippen LogP contribution in [-0.2, 0) is 14.2 Å². The predicted molar refractivity (Wildman–Crippen MR) is 133 cm³/mol. The van der Waals surface area contributed by atoms with Gasteiger partial charge >= 0.3 is 0 Å². The van der Waals surface area contributed by atoms with E-state index in [-0.39, 0.29) is 18.1 Å². The van der Waals surface area contributed by atoms with Crippen molar-refractivity contribution in [2.24, 2.45) is 5.92 Å². The second kappa shape index (κ2) is 9.10. The Kier molecular flexibility index (Phi) is 5.79. The second-order valence-electron chi connectivity index (χ2n) is 9.20. The maximum atomic E-state index is 6.01. The summed E-state index contributed by atoms with van der Waals surface area (Å²) in [5, 5.41) is 8.28. The van der Waals surface area contributed by atoms with Crippen molar-refractivity contribution in [1.29, 1.82) is 0 Å². The predicted octanol–water partition coefficient (Wildman–Crippen LogP) is 3.06. The smallest absolute Gasteiger partial charge is 0.257 e. The van der Waals surface area contributed by atoms with Gasteiger partial charge in [0.25, 0.3) is 5.95 Å². The van der Waals surface area contributed by atoms with Gasteiger partial charge in [-0.2, -0.15) is 4.98 Å². The van der Waals surface area contributed by atoms with Gasteiger partial charge in [0, 0.05) is 33.2 Å². The van der Waals surface area contributed by atoms with E-state index in [1.807, 2.05) is 40.4 Å². The normalized spacial score (nSPS) is 21.7. The maximum absolute atomic E-state index is 6.01. The largest absolute Gasteiger partial charge is 0.381 e. The fraction of sp³-hybridized carbons (Fsp3) is 0.480. The highest BCUT2D eigenvalue weighted by Crippen LogP contribution is 2.35. The molecule has 1 N–H and O–H groups in total. The van der Waals surface area contributed by atoms with Gasteiger partial charge in [-0.3, -0.25) is 0 Å². The van der Waals surface area contributed by atoms with Gasteiger partial charge in [-0.1, -0.05) is 12.1 Å². The Balaban J connectivity index is 1.59. The van der Waals surface area contributed by atoms with E-state index in [4.69, 9.17) is 29.3 Å². The van der Waals surface area contributed by atoms with Crippen molar-refractivity contribution in [3.63, 3.8) is 0 Å². The fourth-order valence-electron chi connectivity index (χ4n) is 5.29. The molecule has 1 aromatic carbocycles. The number of nitrogens with one attached hydrogen (secondary N) is 1. The number of hydrogen-bond donors (Lipinski definition) is 1. The molecule has 2 fully saturated rings. The number of morpholine rings is 1. The zero-order valence-corrected chi connectivity index (χ0v) is 20.3. The first-order valence-electron chi connectivity index (χ1n) is 12.2. The van der Waals surface area contributed by atoms with Gasteiger partial charge in [-0.25, -0.2) is 14.1 Å². The minimum atomic E-state index is -0.124. The van der Waals surface area contributed by atoms with Crippen LogP contribution in [0.4, 0.5) is 11.8 Å². The first-order chi connectivity index (χ1) is 17.2. The molecule has 0 aliphatic carbocycles. The molecule has 0 amide bonds. The molecule has 4 aromatic rings. The number of anilines is 2. The van der Waals surface area contributed by atoms with Crippen LogP contribution in [0.1, 0.15) is 25.1 Å². The number of hydrogen-bond acceptors (Lipinski definition) is 8. The van der Waals surface area contributed by atoms with Crippen LogP contribution in [0.3, 0.4) is 0 Å². The van der Waals surface area contributed by atoms with Crippen LogP contribution in [0, 0.1) is 5.92 Å². The Morgan fingerprint density at radius 3 is 2.69 bits per heavy atom. The quantitative estimate of drug-likeness (QED) is 0.453. The molecular weight excluding hydrogens is 446 g/mol. The third kappa shape index (κ3) is 3.72. The third-order valence-corrected chi connectivity index (χ3v) is 7.07. The van der Waals surface area contributed by atoms with Crippen LogP contribution in [0.25, 0.3) is 22.5 Å². The highest BCUT2D eigenvalue weighted by molar-refractivity contribution is 5.81. The summed E-state index contributed by atoms with van der Waals surface area (Å²) in [4.78, 5) is 12.2. The van der Waals surface area contributed by atoms with Crippen molar-refractivity contribution >= 4 is 28.3 Å². The van der Waals surface area contributed by atoms with Gasteiger partial charge in [-0.05, 0) is 37.6 Å². The average molecular weight is 478 g/mol. The van der Waals surface area contributed by atoms with Crippen molar-refractivity contribution in [2.45, 2.75) is 25.5 Å². The van der Waals surface area contributed by atoms with Crippen molar-refractivity contribution in [2.75, 3.05) is 57.3 Å². The molecule has 2 aliphatic rings. The van der Waals surface area contributed by atoms with Gasteiger partial charge in [-0.15, -0.1) is 5.10 Å². The summed E-state index contributed by atoms with van der Waals surface area (Å²) >= 11 is 0. The lowest BCUT2D eigenvalue weighted by atomic mass is 9.99. The topological polar surface area (TPSA) is 91.0 Å². The molecule has 0 bridgehead atoms. The van der Waals surface area contributed by atoms with Gasteiger partial charge in [0.1, 0.15) is 11.6 Å². The van der Waals surface area contributed by atoms with E-state index in [9.17, 15) is 0 Å². The van der Waals surface area contributed by atoms with E-state index in [1.165, 1.54) is 0 Å². The van der Waals surface area contributed by atoms with Crippen molar-refractivity contribution < 1.29 is 14.2 Å². The van der Waals surface area contributed by atoms with Crippen LogP contribution in [-0.4, -0.2) is 77.3 Å². The number of imidazole rings is 1. The van der Waals surface area contributed by atoms with Crippen LogP contribution < -0.4 is 10.2 Å². The molecule has 10 heteroatoms. The van der Waals surface area contributed by atoms with Gasteiger partial charge < -0.3 is 24.4 Å². The molecule has 2 saturated heterocycles. The van der Waals surface area contributed by atoms with E-state index in [2.05, 4.69) is 29.3 Å². The summed E-state index contributed by atoms with van der Waals surface area (Å²) in [6, 6.07) is 12.4. The summed E-state index contributed by atoms with van der Waals surface area (Å²) in [6.07, 6.45) is 0.841. The Bertz CT molecular complexity index is 1340. The minimum Gasteiger partial charge on any atom is -0.381 e. The number of nitrogens with zero attached hydrogens (tertiary/aromatic N) is 6. The molecule has 10 nitrogen and oxygen atoms in total. The Hall–Kier alpha value is -3.21. The van der Waals surface area contributed by atoms with E-state index < -0.39 is 0 Å². The average Bonchev–Trinajstić information content (AvgIpc) is 3.63. The van der Waals surface area contributed by atoms with Crippen molar-refractivity contribution in [1.82, 2.24) is 24.1 Å². The van der Waals surface area contributed by atoms with Gasteiger partial charge in [0.15, 0.2) is 5.82 Å². The number of fused-ring (bicyclic) bond motifs is 2. The summed E-state index contributed by atoms with van der Waals surface area (Å²) in [5.74, 6) is 2.41. The monoisotopic (exact) mass is 477 g/mol. The summed E-state index contributed by atoms with van der Waals surface area (Å²) < 4.78 is 21.4. The van der Waals surface area contributed by atoms with E-state index >= 15 is 0 Å². The minimum absolute atomic E-state index is 0.124. The number of methoxy groups -OCH3 is 1. The molecule has 0 radical (unpaired) electrons. The Labute approximate surface area is 203 Å². The molecule has 3 atom stereocenters. The first kappa shape index (κ1) is 22.3. The summed E-state index contributed by atoms with van der Waals surface area (Å²) in [5.41, 5.74) is 3.78. The molecular formula is C25H31N7O3. The lowest BCUT2D eigenvalue weighted by Crippen LogP contribution is -2.44. The standard InChI is InChI=1S/C25H31N7O3/c1-16-14-35-13-11-30(16)23-21-9-8-20(22(33-3)17-10-12-34-15-17)32(21)29-25(28-23)31-19-7-5-4-6-18(19)27-24(31)26-2/h4-9,16-17,22H,10-15H2,1-3H3,(H,26,27). The molecule has 5 heterocycles. The molecule has 3 unspecified atom stereocenters. The molecule has 0 saturated carbocycles. The van der Waals surface area contributed by atoms with Crippen LogP contribution >= 0.6 is 0 Å². The van der Waals surface area contributed by atoms with E-state index in [1.54, 1.807) is 7.11 Å². The van der Waals surface area contributed by atoms with E-state index in [0.29, 0.717) is 31.7 Å². The zero-order valence-electron chi connectivity index (χ0n) is 20.3. The van der Waals surface area contributed by atoms with Crippen molar-refractivity contribution in [3.05, 3.63) is 42.1 Å². The third-order valence-electron chi connectivity index (χ3n) is 7.07. The lowest BCUT2D eigenvalue weighted by Gasteiger charge is -2.34. The first-order valence-corrected chi connectivity index (χ1v) is 12.2. The lowest BCUT2D eigenvalue weighted by molar-refractivity contribution is 0.0401. The molecule has 0 spiro atoms.